The summed E-state index contributed by atoms with van der Waals surface area (Å²) in [6, 6.07) is 8.75. The number of hydrogen-bond donors (Lipinski definition) is 1. The van der Waals surface area contributed by atoms with Gasteiger partial charge >= 0.3 is 0 Å². The molecule has 0 aliphatic rings. The topological polar surface area (TPSA) is 66.9 Å². The zero-order valence-corrected chi connectivity index (χ0v) is 8.86. The van der Waals surface area contributed by atoms with E-state index in [1.54, 1.807) is 24.3 Å². The van der Waals surface area contributed by atoms with Crippen LogP contribution in [0.3, 0.4) is 0 Å². The second-order valence-electron chi connectivity index (χ2n) is 3.18. The van der Waals surface area contributed by atoms with Crippen molar-refractivity contribution >= 4 is 5.78 Å². The van der Waals surface area contributed by atoms with Gasteiger partial charge in [-0.1, -0.05) is 24.0 Å². The molecule has 1 rings (SSSR count). The summed E-state index contributed by atoms with van der Waals surface area (Å²) in [6.07, 6.45) is 0.577. The van der Waals surface area contributed by atoms with Gasteiger partial charge in [0.15, 0.2) is 5.78 Å². The minimum absolute atomic E-state index is 0.0851. The van der Waals surface area contributed by atoms with Crippen LogP contribution in [0, 0.1) is 23.2 Å². The van der Waals surface area contributed by atoms with Crippen LogP contribution in [-0.2, 0) is 0 Å². The molecule has 80 valence electrons. The maximum Gasteiger partial charge on any atom is 0.176 e. The van der Waals surface area contributed by atoms with Crippen molar-refractivity contribution in [2.24, 2.45) is 5.73 Å². The molecule has 16 heavy (non-hydrogen) atoms. The van der Waals surface area contributed by atoms with Gasteiger partial charge in [-0.3, -0.25) is 4.79 Å². The van der Waals surface area contributed by atoms with Crippen LogP contribution in [0.25, 0.3) is 0 Å². The molecule has 0 radical (unpaired) electrons. The summed E-state index contributed by atoms with van der Waals surface area (Å²) in [7, 11) is 0. The zero-order chi connectivity index (χ0) is 11.8. The Hall–Kier alpha value is -2.10. The van der Waals surface area contributed by atoms with Crippen LogP contribution >= 0.6 is 0 Å². The Morgan fingerprint density at radius 3 is 2.56 bits per heavy atom. The second-order valence-corrected chi connectivity index (χ2v) is 3.18. The quantitative estimate of drug-likeness (QED) is 0.609. The first-order valence-electron chi connectivity index (χ1n) is 4.97. The third-order valence-corrected chi connectivity index (χ3v) is 1.95. The Morgan fingerprint density at radius 1 is 1.31 bits per heavy atom. The van der Waals surface area contributed by atoms with Crippen molar-refractivity contribution in [2.75, 3.05) is 6.54 Å². The van der Waals surface area contributed by atoms with Gasteiger partial charge in [-0.05, 0) is 12.1 Å². The minimum atomic E-state index is -0.163. The highest BCUT2D eigenvalue weighted by Crippen LogP contribution is 2.05. The lowest BCUT2D eigenvalue weighted by molar-refractivity contribution is 0.0998. The highest BCUT2D eigenvalue weighted by atomic mass is 16.1. The van der Waals surface area contributed by atoms with E-state index in [0.717, 1.165) is 5.56 Å². The van der Waals surface area contributed by atoms with E-state index in [-0.39, 0.29) is 12.2 Å². The average molecular weight is 212 g/mol. The normalized spacial score (nSPS) is 8.75. The van der Waals surface area contributed by atoms with Crippen molar-refractivity contribution in [1.82, 2.24) is 0 Å². The number of benzene rings is 1. The molecule has 3 nitrogen and oxygen atoms in total. The highest BCUT2D eigenvalue weighted by molar-refractivity contribution is 5.97. The molecule has 0 fully saturated rings. The van der Waals surface area contributed by atoms with Gasteiger partial charge in [0.05, 0.1) is 12.5 Å². The van der Waals surface area contributed by atoms with Crippen LogP contribution in [0.2, 0.25) is 0 Å². The van der Waals surface area contributed by atoms with Gasteiger partial charge in [-0.15, -0.1) is 0 Å². The van der Waals surface area contributed by atoms with Crippen molar-refractivity contribution < 1.29 is 4.79 Å². The predicted molar refractivity (Wildman–Crippen MR) is 61.6 cm³/mol. The van der Waals surface area contributed by atoms with Crippen molar-refractivity contribution in [3.63, 3.8) is 0 Å². The smallest absolute Gasteiger partial charge is 0.176 e. The van der Waals surface area contributed by atoms with Gasteiger partial charge in [0.25, 0.3) is 0 Å². The number of hydrogen-bond acceptors (Lipinski definition) is 3. The molecule has 0 saturated heterocycles. The van der Waals surface area contributed by atoms with Gasteiger partial charge in [0.2, 0.25) is 0 Å². The van der Waals surface area contributed by atoms with Gasteiger partial charge in [0, 0.05) is 24.1 Å². The summed E-state index contributed by atoms with van der Waals surface area (Å²) in [6.45, 7) is 0.547. The average Bonchev–Trinajstić information content (AvgIpc) is 2.30. The van der Waals surface area contributed by atoms with E-state index < -0.39 is 0 Å². The summed E-state index contributed by atoms with van der Waals surface area (Å²) >= 11 is 0. The molecule has 1 aromatic carbocycles. The number of nitriles is 1. The van der Waals surface area contributed by atoms with E-state index in [2.05, 4.69) is 11.8 Å². The highest BCUT2D eigenvalue weighted by Gasteiger charge is 2.03. The van der Waals surface area contributed by atoms with Crippen molar-refractivity contribution in [1.29, 1.82) is 5.26 Å². The lowest BCUT2D eigenvalue weighted by Gasteiger charge is -1.96. The molecule has 0 aliphatic heterocycles. The third kappa shape index (κ3) is 3.57. The summed E-state index contributed by atoms with van der Waals surface area (Å²) < 4.78 is 0. The number of rotatable bonds is 3. The maximum atomic E-state index is 11.3. The fourth-order valence-corrected chi connectivity index (χ4v) is 1.15. The Balaban J connectivity index is 2.73. The van der Waals surface area contributed by atoms with E-state index in [4.69, 9.17) is 11.0 Å². The molecule has 0 aromatic heterocycles. The minimum Gasteiger partial charge on any atom is -0.330 e. The van der Waals surface area contributed by atoms with E-state index in [9.17, 15) is 4.79 Å². The molecular weight excluding hydrogens is 200 g/mol. The van der Waals surface area contributed by atoms with Crippen molar-refractivity contribution in [3.05, 3.63) is 35.4 Å². The molecule has 2 N–H and O–H groups in total. The van der Waals surface area contributed by atoms with E-state index >= 15 is 0 Å². The lowest BCUT2D eigenvalue weighted by Crippen LogP contribution is -1.97. The van der Waals surface area contributed by atoms with Crippen LogP contribution in [0.15, 0.2) is 24.3 Å². The van der Waals surface area contributed by atoms with Gasteiger partial charge < -0.3 is 5.73 Å². The second kappa shape index (κ2) is 6.40. The zero-order valence-electron chi connectivity index (χ0n) is 8.86. The molecule has 3 heteroatoms. The molecule has 0 spiro atoms. The molecule has 0 bridgehead atoms. The SMILES string of the molecule is N#CCC(=O)c1ccc(C#CCCN)cc1. The molecule has 0 aliphatic carbocycles. The predicted octanol–water partition coefficient (Wildman–Crippen LogP) is 1.48. The summed E-state index contributed by atoms with van der Waals surface area (Å²) in [4.78, 5) is 11.3. The van der Waals surface area contributed by atoms with Gasteiger partial charge in [-0.25, -0.2) is 0 Å². The fourth-order valence-electron chi connectivity index (χ4n) is 1.15. The number of carbonyl (C=O) groups excluding carboxylic acids is 1. The first-order valence-corrected chi connectivity index (χ1v) is 4.97. The summed E-state index contributed by atoms with van der Waals surface area (Å²) in [5.41, 5.74) is 6.71. The molecule has 1 aromatic rings. The molecular formula is C13H12N2O. The molecule has 0 saturated carbocycles. The van der Waals surface area contributed by atoms with Crippen LogP contribution in [0.5, 0.6) is 0 Å². The number of nitrogens with zero attached hydrogens (tertiary/aromatic N) is 1. The lowest BCUT2D eigenvalue weighted by atomic mass is 10.1. The van der Waals surface area contributed by atoms with Crippen LogP contribution < -0.4 is 5.73 Å². The fraction of sp³-hybridized carbons (Fsp3) is 0.231. The molecule has 0 atom stereocenters. The molecule has 0 unspecified atom stereocenters. The summed E-state index contributed by atoms with van der Waals surface area (Å²) in [5, 5.41) is 8.39. The van der Waals surface area contributed by atoms with Crippen LogP contribution in [-0.4, -0.2) is 12.3 Å². The van der Waals surface area contributed by atoms with Crippen LogP contribution in [0.1, 0.15) is 28.8 Å². The van der Waals surface area contributed by atoms with E-state index in [1.165, 1.54) is 0 Å². The molecule has 0 amide bonds. The Labute approximate surface area is 94.9 Å². The third-order valence-electron chi connectivity index (χ3n) is 1.95. The number of carbonyl (C=O) groups is 1. The Bertz CT molecular complexity index is 457. The van der Waals surface area contributed by atoms with Gasteiger partial charge in [-0.2, -0.15) is 5.26 Å². The largest absolute Gasteiger partial charge is 0.330 e. The first-order chi connectivity index (χ1) is 7.77. The van der Waals surface area contributed by atoms with Gasteiger partial charge in [0.1, 0.15) is 0 Å². The first kappa shape index (κ1) is 12.0. The standard InChI is InChI=1S/C13H12N2O/c14-9-2-1-3-11-4-6-12(7-5-11)13(16)8-10-15/h4-7H,2,8-9,14H2. The monoisotopic (exact) mass is 212 g/mol. The number of ketones is 1. The van der Waals surface area contributed by atoms with Crippen molar-refractivity contribution in [3.8, 4) is 17.9 Å². The summed E-state index contributed by atoms with van der Waals surface area (Å²) in [5.74, 6) is 5.69. The van der Waals surface area contributed by atoms with E-state index in [1.807, 2.05) is 6.07 Å². The maximum absolute atomic E-state index is 11.3. The van der Waals surface area contributed by atoms with Crippen LogP contribution in [0.4, 0.5) is 0 Å². The number of nitrogens with two attached hydrogens (primary N) is 1. The van der Waals surface area contributed by atoms with E-state index in [0.29, 0.717) is 18.5 Å². The Morgan fingerprint density at radius 2 is 2.00 bits per heavy atom. The Kier molecular flexibility index (Phi) is 4.79. The van der Waals surface area contributed by atoms with Crippen molar-refractivity contribution in [2.45, 2.75) is 12.8 Å². The molecule has 0 heterocycles. The number of Topliss-reactive ketones (excluding diaryl/α,β-unsaturated/α-hetero) is 1.